The number of nitrogens with zero attached hydrogens (tertiary/aromatic N) is 1. The van der Waals surface area contributed by atoms with Crippen molar-refractivity contribution in [2.24, 2.45) is 0 Å². The van der Waals surface area contributed by atoms with Crippen molar-refractivity contribution in [2.75, 3.05) is 13.6 Å². The maximum atomic E-state index is 11.8. The van der Waals surface area contributed by atoms with Crippen molar-refractivity contribution in [3.05, 3.63) is 34.9 Å². The summed E-state index contributed by atoms with van der Waals surface area (Å²) < 4.78 is 0. The molecule has 1 aromatic rings. The second-order valence-corrected chi connectivity index (χ2v) is 3.64. The smallest absolute Gasteiger partial charge is 0.253 e. The van der Waals surface area contributed by atoms with E-state index in [0.29, 0.717) is 0 Å². The van der Waals surface area contributed by atoms with E-state index in [4.69, 9.17) is 0 Å². The Kier molecular flexibility index (Phi) is 3.28. The first kappa shape index (κ1) is 10.8. The molecule has 0 heterocycles. The zero-order chi connectivity index (χ0) is 10.7. The third kappa shape index (κ3) is 2.13. The number of hydrogen-bond acceptors (Lipinski definition) is 1. The SMILES string of the molecule is CCN(C)C(=O)c1ccc(C)cc1C. The van der Waals surface area contributed by atoms with Crippen LogP contribution in [-0.4, -0.2) is 24.4 Å². The number of carbonyl (C=O) groups is 1. The van der Waals surface area contributed by atoms with Crippen molar-refractivity contribution < 1.29 is 4.79 Å². The fourth-order valence-corrected chi connectivity index (χ4v) is 1.40. The Bertz CT molecular complexity index is 344. The van der Waals surface area contributed by atoms with Crippen LogP contribution in [-0.2, 0) is 0 Å². The molecule has 0 aliphatic heterocycles. The first-order chi connectivity index (χ1) is 6.56. The number of aryl methyl sites for hydroxylation is 2. The Labute approximate surface area is 85.5 Å². The number of rotatable bonds is 2. The van der Waals surface area contributed by atoms with Crippen LogP contribution in [0.15, 0.2) is 18.2 Å². The molecule has 0 unspecified atom stereocenters. The highest BCUT2D eigenvalue weighted by Gasteiger charge is 2.11. The minimum absolute atomic E-state index is 0.102. The van der Waals surface area contributed by atoms with E-state index in [9.17, 15) is 4.79 Å². The van der Waals surface area contributed by atoms with Gasteiger partial charge in [0.25, 0.3) is 5.91 Å². The monoisotopic (exact) mass is 191 g/mol. The molecule has 0 fully saturated rings. The van der Waals surface area contributed by atoms with E-state index in [1.807, 2.05) is 46.0 Å². The first-order valence-corrected chi connectivity index (χ1v) is 4.89. The summed E-state index contributed by atoms with van der Waals surface area (Å²) in [6, 6.07) is 5.92. The number of amides is 1. The van der Waals surface area contributed by atoms with Gasteiger partial charge in [0, 0.05) is 19.2 Å². The molecule has 0 radical (unpaired) electrons. The molecular weight excluding hydrogens is 174 g/mol. The average molecular weight is 191 g/mol. The predicted molar refractivity (Wildman–Crippen MR) is 58.6 cm³/mol. The highest BCUT2D eigenvalue weighted by molar-refractivity contribution is 5.95. The summed E-state index contributed by atoms with van der Waals surface area (Å²) in [5, 5.41) is 0. The van der Waals surface area contributed by atoms with E-state index < -0.39 is 0 Å². The highest BCUT2D eigenvalue weighted by atomic mass is 16.2. The summed E-state index contributed by atoms with van der Waals surface area (Å²) in [7, 11) is 1.82. The second-order valence-electron chi connectivity index (χ2n) is 3.64. The Morgan fingerprint density at radius 3 is 2.50 bits per heavy atom. The van der Waals surface area contributed by atoms with Crippen molar-refractivity contribution in [3.8, 4) is 0 Å². The number of benzene rings is 1. The van der Waals surface area contributed by atoms with Gasteiger partial charge < -0.3 is 4.90 Å². The molecule has 0 saturated carbocycles. The van der Waals surface area contributed by atoms with Crippen LogP contribution in [0.1, 0.15) is 28.4 Å². The number of carbonyl (C=O) groups excluding carboxylic acids is 1. The molecule has 0 aliphatic rings. The van der Waals surface area contributed by atoms with Crippen LogP contribution < -0.4 is 0 Å². The zero-order valence-corrected chi connectivity index (χ0v) is 9.29. The second kappa shape index (κ2) is 4.27. The highest BCUT2D eigenvalue weighted by Crippen LogP contribution is 2.12. The topological polar surface area (TPSA) is 20.3 Å². The van der Waals surface area contributed by atoms with E-state index in [1.165, 1.54) is 5.56 Å². The fraction of sp³-hybridized carbons (Fsp3) is 0.417. The van der Waals surface area contributed by atoms with E-state index >= 15 is 0 Å². The lowest BCUT2D eigenvalue weighted by Crippen LogP contribution is -2.26. The van der Waals surface area contributed by atoms with Crippen LogP contribution in [0.4, 0.5) is 0 Å². The van der Waals surface area contributed by atoms with Gasteiger partial charge >= 0.3 is 0 Å². The van der Waals surface area contributed by atoms with Crippen molar-refractivity contribution in [3.63, 3.8) is 0 Å². The van der Waals surface area contributed by atoms with E-state index in [2.05, 4.69) is 0 Å². The molecule has 2 nitrogen and oxygen atoms in total. The van der Waals surface area contributed by atoms with E-state index in [-0.39, 0.29) is 5.91 Å². The lowest BCUT2D eigenvalue weighted by molar-refractivity contribution is 0.0802. The Morgan fingerprint density at radius 2 is 2.00 bits per heavy atom. The van der Waals surface area contributed by atoms with Gasteiger partial charge in [-0.15, -0.1) is 0 Å². The van der Waals surface area contributed by atoms with Crippen molar-refractivity contribution in [2.45, 2.75) is 20.8 Å². The quantitative estimate of drug-likeness (QED) is 0.703. The Morgan fingerprint density at radius 1 is 1.36 bits per heavy atom. The maximum absolute atomic E-state index is 11.8. The van der Waals surface area contributed by atoms with E-state index in [0.717, 1.165) is 17.7 Å². The van der Waals surface area contributed by atoms with Gasteiger partial charge in [0.1, 0.15) is 0 Å². The Hall–Kier alpha value is -1.31. The molecule has 1 amide bonds. The van der Waals surface area contributed by atoms with Crippen molar-refractivity contribution in [1.29, 1.82) is 0 Å². The maximum Gasteiger partial charge on any atom is 0.253 e. The molecule has 0 bridgehead atoms. The predicted octanol–water partition coefficient (Wildman–Crippen LogP) is 2.40. The van der Waals surface area contributed by atoms with Crippen molar-refractivity contribution >= 4 is 5.91 Å². The van der Waals surface area contributed by atoms with Gasteiger partial charge in [0.2, 0.25) is 0 Å². The molecule has 1 aromatic carbocycles. The first-order valence-electron chi connectivity index (χ1n) is 4.89. The molecule has 14 heavy (non-hydrogen) atoms. The molecule has 2 heteroatoms. The molecule has 0 saturated heterocycles. The average Bonchev–Trinajstić information content (AvgIpc) is 2.15. The van der Waals surface area contributed by atoms with Gasteiger partial charge in [-0.1, -0.05) is 17.7 Å². The van der Waals surface area contributed by atoms with Crippen molar-refractivity contribution in [1.82, 2.24) is 4.90 Å². The molecule has 1 rings (SSSR count). The summed E-state index contributed by atoms with van der Waals surface area (Å²) in [6.07, 6.45) is 0. The van der Waals surface area contributed by atoms with Gasteiger partial charge in [-0.25, -0.2) is 0 Å². The van der Waals surface area contributed by atoms with Gasteiger partial charge in [0.15, 0.2) is 0 Å². The van der Waals surface area contributed by atoms with Crippen LogP contribution in [0.5, 0.6) is 0 Å². The molecule has 0 aliphatic carbocycles. The van der Waals surface area contributed by atoms with Crippen LogP contribution in [0.2, 0.25) is 0 Å². The summed E-state index contributed by atoms with van der Waals surface area (Å²) in [5.41, 5.74) is 3.05. The molecular formula is C12H17NO. The zero-order valence-electron chi connectivity index (χ0n) is 9.29. The third-order valence-corrected chi connectivity index (χ3v) is 2.43. The summed E-state index contributed by atoms with van der Waals surface area (Å²) >= 11 is 0. The molecule has 0 atom stereocenters. The molecule has 0 aromatic heterocycles. The number of hydrogen-bond donors (Lipinski definition) is 0. The Balaban J connectivity index is 3.02. The molecule has 0 N–H and O–H groups in total. The van der Waals surface area contributed by atoms with Gasteiger partial charge in [-0.2, -0.15) is 0 Å². The van der Waals surface area contributed by atoms with Gasteiger partial charge in [-0.3, -0.25) is 4.79 Å². The minimum Gasteiger partial charge on any atom is -0.342 e. The lowest BCUT2D eigenvalue weighted by atomic mass is 10.0. The van der Waals surface area contributed by atoms with Crippen LogP contribution in [0.3, 0.4) is 0 Å². The lowest BCUT2D eigenvalue weighted by Gasteiger charge is -2.16. The van der Waals surface area contributed by atoms with Crippen LogP contribution >= 0.6 is 0 Å². The van der Waals surface area contributed by atoms with Crippen LogP contribution in [0.25, 0.3) is 0 Å². The summed E-state index contributed by atoms with van der Waals surface area (Å²) in [4.78, 5) is 13.6. The normalized spacial score (nSPS) is 10.0. The van der Waals surface area contributed by atoms with Gasteiger partial charge in [-0.05, 0) is 32.4 Å². The molecule has 0 spiro atoms. The van der Waals surface area contributed by atoms with Gasteiger partial charge in [0.05, 0.1) is 0 Å². The van der Waals surface area contributed by atoms with Crippen LogP contribution in [0, 0.1) is 13.8 Å². The largest absolute Gasteiger partial charge is 0.342 e. The summed E-state index contributed by atoms with van der Waals surface area (Å²) in [5.74, 6) is 0.102. The summed E-state index contributed by atoms with van der Waals surface area (Å²) in [6.45, 7) is 6.72. The third-order valence-electron chi connectivity index (χ3n) is 2.43. The minimum atomic E-state index is 0.102. The van der Waals surface area contributed by atoms with E-state index in [1.54, 1.807) is 4.90 Å². The molecule has 76 valence electrons. The fourth-order valence-electron chi connectivity index (χ4n) is 1.40. The standard InChI is InChI=1S/C12H17NO/c1-5-13(4)12(14)11-7-6-9(2)8-10(11)3/h6-8H,5H2,1-4H3.